The summed E-state index contributed by atoms with van der Waals surface area (Å²) >= 11 is 0. The Bertz CT molecular complexity index is 957. The Morgan fingerprint density at radius 1 is 1.14 bits per heavy atom. The number of carbonyl (C=O) groups is 2. The van der Waals surface area contributed by atoms with Gasteiger partial charge in [0.25, 0.3) is 10.0 Å². The van der Waals surface area contributed by atoms with Crippen molar-refractivity contribution in [1.29, 1.82) is 0 Å². The molecule has 0 aliphatic rings. The van der Waals surface area contributed by atoms with Gasteiger partial charge in [-0.05, 0) is 50.2 Å². The summed E-state index contributed by atoms with van der Waals surface area (Å²) in [6, 6.07) is 10.5. The maximum atomic E-state index is 13.3. The number of amides is 1. The molecule has 2 aromatic rings. The van der Waals surface area contributed by atoms with E-state index in [1.807, 2.05) is 0 Å². The SMILES string of the molecule is CCOc1ccccc1N(C(C)C(=O)O)S(=O)(=O)c1ccc(NC(C)=O)cc1. The summed E-state index contributed by atoms with van der Waals surface area (Å²) in [4.78, 5) is 22.7. The summed E-state index contributed by atoms with van der Waals surface area (Å²) in [7, 11) is -4.22. The number of hydrogen-bond donors (Lipinski definition) is 2. The number of rotatable bonds is 8. The Morgan fingerprint density at radius 2 is 1.75 bits per heavy atom. The van der Waals surface area contributed by atoms with Crippen molar-refractivity contribution in [3.05, 3.63) is 48.5 Å². The number of nitrogens with one attached hydrogen (secondary N) is 1. The molecule has 9 heteroatoms. The molecule has 0 heterocycles. The van der Waals surface area contributed by atoms with Crippen molar-refractivity contribution in [2.75, 3.05) is 16.2 Å². The molecule has 8 nitrogen and oxygen atoms in total. The first-order chi connectivity index (χ1) is 13.2. The van der Waals surface area contributed by atoms with Crippen LogP contribution < -0.4 is 14.4 Å². The lowest BCUT2D eigenvalue weighted by atomic mass is 10.2. The van der Waals surface area contributed by atoms with E-state index in [1.54, 1.807) is 25.1 Å². The van der Waals surface area contributed by atoms with Crippen LogP contribution in [0, 0.1) is 0 Å². The lowest BCUT2D eigenvalue weighted by Crippen LogP contribution is -2.43. The third kappa shape index (κ3) is 4.61. The van der Waals surface area contributed by atoms with E-state index in [-0.39, 0.29) is 28.8 Å². The normalized spacial score (nSPS) is 12.1. The van der Waals surface area contributed by atoms with Gasteiger partial charge in [-0.25, -0.2) is 17.5 Å². The van der Waals surface area contributed by atoms with Gasteiger partial charge in [0, 0.05) is 12.6 Å². The molecule has 1 unspecified atom stereocenters. The summed E-state index contributed by atoms with van der Waals surface area (Å²) in [6.45, 7) is 4.66. The number of benzene rings is 2. The zero-order chi connectivity index (χ0) is 20.9. The molecule has 2 N–H and O–H groups in total. The number of carbonyl (C=O) groups excluding carboxylic acids is 1. The quantitative estimate of drug-likeness (QED) is 0.697. The van der Waals surface area contributed by atoms with Crippen LogP contribution in [0.5, 0.6) is 5.75 Å². The van der Waals surface area contributed by atoms with Crippen LogP contribution in [0.4, 0.5) is 11.4 Å². The maximum absolute atomic E-state index is 13.3. The summed E-state index contributed by atoms with van der Waals surface area (Å²) in [5.74, 6) is -1.33. The van der Waals surface area contributed by atoms with Gasteiger partial charge in [-0.1, -0.05) is 12.1 Å². The van der Waals surface area contributed by atoms with Crippen LogP contribution in [0.1, 0.15) is 20.8 Å². The topological polar surface area (TPSA) is 113 Å². The van der Waals surface area contributed by atoms with Gasteiger partial charge in [0.1, 0.15) is 11.8 Å². The van der Waals surface area contributed by atoms with Crippen molar-refractivity contribution in [3.8, 4) is 5.75 Å². The molecule has 2 rings (SSSR count). The van der Waals surface area contributed by atoms with Crippen molar-refractivity contribution in [3.63, 3.8) is 0 Å². The van der Waals surface area contributed by atoms with E-state index in [0.717, 1.165) is 4.31 Å². The molecule has 0 bridgehead atoms. The molecule has 0 aliphatic carbocycles. The highest BCUT2D eigenvalue weighted by Crippen LogP contribution is 2.34. The lowest BCUT2D eigenvalue weighted by Gasteiger charge is -2.29. The van der Waals surface area contributed by atoms with Gasteiger partial charge in [-0.15, -0.1) is 0 Å². The number of aliphatic carboxylic acids is 1. The first-order valence-corrected chi connectivity index (χ1v) is 9.99. The molecule has 2 aromatic carbocycles. The van der Waals surface area contributed by atoms with Crippen molar-refractivity contribution < 1.29 is 27.9 Å². The van der Waals surface area contributed by atoms with E-state index in [9.17, 15) is 23.1 Å². The predicted octanol–water partition coefficient (Wildman–Crippen LogP) is 2.71. The second-order valence-electron chi connectivity index (χ2n) is 5.92. The van der Waals surface area contributed by atoms with E-state index in [4.69, 9.17) is 4.74 Å². The largest absolute Gasteiger partial charge is 0.492 e. The predicted molar refractivity (Wildman–Crippen MR) is 105 cm³/mol. The third-order valence-electron chi connectivity index (χ3n) is 3.84. The summed E-state index contributed by atoms with van der Waals surface area (Å²) in [6.07, 6.45) is 0. The lowest BCUT2D eigenvalue weighted by molar-refractivity contribution is -0.137. The Balaban J connectivity index is 2.57. The average Bonchev–Trinajstić information content (AvgIpc) is 2.63. The Hall–Kier alpha value is -3.07. The van der Waals surface area contributed by atoms with Gasteiger partial charge in [-0.3, -0.25) is 4.79 Å². The second-order valence-corrected chi connectivity index (χ2v) is 7.74. The summed E-state index contributed by atoms with van der Waals surface area (Å²) in [5.41, 5.74) is 0.559. The molecule has 0 aliphatic heterocycles. The van der Waals surface area contributed by atoms with Gasteiger partial charge in [0.15, 0.2) is 0 Å². The molecule has 0 radical (unpaired) electrons. The maximum Gasteiger partial charge on any atom is 0.327 e. The number of para-hydroxylation sites is 2. The minimum atomic E-state index is -4.22. The van der Waals surface area contributed by atoms with Crippen LogP contribution in [0.2, 0.25) is 0 Å². The standard InChI is InChI=1S/C19H22N2O6S/c1-4-27-18-8-6-5-7-17(18)21(13(2)19(23)24)28(25,26)16-11-9-15(10-12-16)20-14(3)22/h5-13H,4H2,1-3H3,(H,20,22)(H,23,24). The zero-order valence-corrected chi connectivity index (χ0v) is 16.6. The number of carboxylic acid groups (broad SMARTS) is 1. The molecule has 0 saturated heterocycles. The highest BCUT2D eigenvalue weighted by Gasteiger charge is 2.35. The van der Waals surface area contributed by atoms with Crippen molar-refractivity contribution in [2.24, 2.45) is 0 Å². The van der Waals surface area contributed by atoms with Crippen LogP contribution in [0.25, 0.3) is 0 Å². The Kier molecular flexibility index (Phi) is 6.63. The molecule has 0 saturated carbocycles. The van der Waals surface area contributed by atoms with E-state index < -0.39 is 22.0 Å². The molecule has 0 spiro atoms. The molecule has 150 valence electrons. The number of nitrogens with zero attached hydrogens (tertiary/aromatic N) is 1. The smallest absolute Gasteiger partial charge is 0.327 e. The third-order valence-corrected chi connectivity index (χ3v) is 5.74. The van der Waals surface area contributed by atoms with Crippen molar-refractivity contribution in [2.45, 2.75) is 31.7 Å². The average molecular weight is 406 g/mol. The van der Waals surface area contributed by atoms with Gasteiger partial charge < -0.3 is 15.2 Å². The summed E-state index contributed by atoms with van der Waals surface area (Å²) < 4.78 is 32.9. The fourth-order valence-electron chi connectivity index (χ4n) is 2.59. The Morgan fingerprint density at radius 3 is 2.29 bits per heavy atom. The fraction of sp³-hybridized carbons (Fsp3) is 0.263. The minimum absolute atomic E-state index is 0.110. The van der Waals surface area contributed by atoms with E-state index in [0.29, 0.717) is 5.69 Å². The van der Waals surface area contributed by atoms with E-state index in [1.165, 1.54) is 44.2 Å². The second kappa shape index (κ2) is 8.75. The van der Waals surface area contributed by atoms with Crippen LogP contribution in [-0.4, -0.2) is 38.0 Å². The molecule has 28 heavy (non-hydrogen) atoms. The first kappa shape index (κ1) is 21.2. The number of carboxylic acids is 1. The van der Waals surface area contributed by atoms with Gasteiger partial charge in [0.05, 0.1) is 17.2 Å². The van der Waals surface area contributed by atoms with Crippen molar-refractivity contribution >= 4 is 33.3 Å². The van der Waals surface area contributed by atoms with Crippen LogP contribution in [-0.2, 0) is 19.6 Å². The van der Waals surface area contributed by atoms with Gasteiger partial charge >= 0.3 is 5.97 Å². The number of anilines is 2. The number of sulfonamides is 1. The molecule has 0 fully saturated rings. The van der Waals surface area contributed by atoms with Crippen LogP contribution in [0.3, 0.4) is 0 Å². The fourth-order valence-corrected chi connectivity index (χ4v) is 4.21. The summed E-state index contributed by atoms with van der Waals surface area (Å²) in [5, 5.41) is 12.0. The van der Waals surface area contributed by atoms with E-state index >= 15 is 0 Å². The molecule has 1 atom stereocenters. The highest BCUT2D eigenvalue weighted by atomic mass is 32.2. The molecular formula is C19H22N2O6S. The Labute approximate surface area is 163 Å². The zero-order valence-electron chi connectivity index (χ0n) is 15.7. The molecule has 0 aromatic heterocycles. The minimum Gasteiger partial charge on any atom is -0.492 e. The first-order valence-electron chi connectivity index (χ1n) is 8.55. The molecular weight excluding hydrogens is 384 g/mol. The monoisotopic (exact) mass is 406 g/mol. The highest BCUT2D eigenvalue weighted by molar-refractivity contribution is 7.93. The van der Waals surface area contributed by atoms with Gasteiger partial charge in [-0.2, -0.15) is 0 Å². The number of hydrogen-bond acceptors (Lipinski definition) is 5. The molecule has 1 amide bonds. The van der Waals surface area contributed by atoms with Crippen LogP contribution in [0.15, 0.2) is 53.4 Å². The number of ether oxygens (including phenoxy) is 1. The van der Waals surface area contributed by atoms with E-state index in [2.05, 4.69) is 5.32 Å². The van der Waals surface area contributed by atoms with Gasteiger partial charge in [0.2, 0.25) is 5.91 Å². The van der Waals surface area contributed by atoms with Crippen molar-refractivity contribution in [1.82, 2.24) is 0 Å². The van der Waals surface area contributed by atoms with Crippen LogP contribution >= 0.6 is 0 Å².